The molecule has 0 aromatic rings. The molecule has 0 aromatic carbocycles. The van der Waals surface area contributed by atoms with Crippen LogP contribution in [-0.4, -0.2) is 18.0 Å². The minimum Gasteiger partial charge on any atom is -0.377 e. The van der Waals surface area contributed by atoms with Gasteiger partial charge in [0.25, 0.3) is 0 Å². The fourth-order valence-electron chi connectivity index (χ4n) is 1.98. The Kier molecular flexibility index (Phi) is 5.24. The predicted molar refractivity (Wildman–Crippen MR) is 55.8 cm³/mol. The first-order valence-electron chi connectivity index (χ1n) is 5.04. The highest BCUT2D eigenvalue weighted by Gasteiger charge is 2.20. The summed E-state index contributed by atoms with van der Waals surface area (Å²) in [6.07, 6.45) is 7.25. The van der Waals surface area contributed by atoms with Gasteiger partial charge in [0.1, 0.15) is 0 Å². The van der Waals surface area contributed by atoms with E-state index in [4.69, 9.17) is 4.74 Å². The molecule has 2 atom stereocenters. The number of ether oxygens (including phenoxy) is 1. The molecule has 0 heterocycles. The molecular weight excluding hydrogens is 216 g/mol. The zero-order valence-corrected chi connectivity index (χ0v) is 9.48. The van der Waals surface area contributed by atoms with Gasteiger partial charge in [0.15, 0.2) is 0 Å². The van der Waals surface area contributed by atoms with Crippen LogP contribution in [0.2, 0.25) is 0 Å². The van der Waals surface area contributed by atoms with Gasteiger partial charge in [0.05, 0.1) is 12.7 Å². The number of hydrogen-bond acceptors (Lipinski definition) is 1. The van der Waals surface area contributed by atoms with Crippen LogP contribution in [0, 0.1) is 5.92 Å². The zero-order chi connectivity index (χ0) is 8.81. The maximum absolute atomic E-state index is 5.72. The van der Waals surface area contributed by atoms with Crippen LogP contribution in [0.4, 0.5) is 0 Å². The molecule has 0 spiro atoms. The third-order valence-electron chi connectivity index (χ3n) is 2.74. The lowest BCUT2D eigenvalue weighted by Gasteiger charge is -2.28. The Morgan fingerprint density at radius 2 is 2.25 bits per heavy atom. The van der Waals surface area contributed by atoms with Crippen molar-refractivity contribution in [1.29, 1.82) is 0 Å². The number of alkyl halides is 1. The molecule has 72 valence electrons. The molecule has 1 rings (SSSR count). The van der Waals surface area contributed by atoms with Crippen LogP contribution in [-0.2, 0) is 4.74 Å². The van der Waals surface area contributed by atoms with Crippen molar-refractivity contribution in [1.82, 2.24) is 0 Å². The van der Waals surface area contributed by atoms with Crippen molar-refractivity contribution < 1.29 is 4.74 Å². The molecule has 1 fully saturated rings. The summed E-state index contributed by atoms with van der Waals surface area (Å²) in [4.78, 5) is 0. The molecule has 0 bridgehead atoms. The Morgan fingerprint density at radius 3 is 2.92 bits per heavy atom. The first-order valence-corrected chi connectivity index (χ1v) is 6.16. The maximum Gasteiger partial charge on any atom is 0.0578 e. The number of rotatable bonds is 4. The summed E-state index contributed by atoms with van der Waals surface area (Å²) in [6, 6.07) is 0. The van der Waals surface area contributed by atoms with Crippen molar-refractivity contribution in [2.75, 3.05) is 11.9 Å². The molecule has 0 amide bonds. The molecule has 0 radical (unpaired) electrons. The van der Waals surface area contributed by atoms with E-state index in [1.54, 1.807) is 0 Å². The van der Waals surface area contributed by atoms with Gasteiger partial charge < -0.3 is 4.74 Å². The smallest absolute Gasteiger partial charge is 0.0578 e. The maximum atomic E-state index is 5.72. The molecule has 2 unspecified atom stereocenters. The molecule has 0 N–H and O–H groups in total. The van der Waals surface area contributed by atoms with Crippen LogP contribution in [0.1, 0.15) is 39.0 Å². The van der Waals surface area contributed by atoms with Crippen molar-refractivity contribution in [2.45, 2.75) is 45.1 Å². The van der Waals surface area contributed by atoms with Gasteiger partial charge >= 0.3 is 0 Å². The van der Waals surface area contributed by atoms with Gasteiger partial charge in [-0.25, -0.2) is 0 Å². The first-order chi connectivity index (χ1) is 5.86. The van der Waals surface area contributed by atoms with Crippen LogP contribution in [0.5, 0.6) is 0 Å². The quantitative estimate of drug-likeness (QED) is 0.679. The third kappa shape index (κ3) is 3.44. The van der Waals surface area contributed by atoms with Crippen LogP contribution in [0.25, 0.3) is 0 Å². The van der Waals surface area contributed by atoms with Crippen LogP contribution < -0.4 is 0 Å². The molecule has 0 aromatic heterocycles. The van der Waals surface area contributed by atoms with Crippen LogP contribution in [0.3, 0.4) is 0 Å². The Bertz CT molecular complexity index is 116. The Hall–Kier alpha value is 0.440. The van der Waals surface area contributed by atoms with Crippen molar-refractivity contribution in [3.05, 3.63) is 0 Å². The van der Waals surface area contributed by atoms with E-state index in [1.807, 2.05) is 0 Å². The van der Waals surface area contributed by atoms with Crippen molar-refractivity contribution in [2.24, 2.45) is 5.92 Å². The minimum atomic E-state index is 0.557. The fraction of sp³-hybridized carbons (Fsp3) is 1.00. The summed E-state index contributed by atoms with van der Waals surface area (Å²) in [5.41, 5.74) is 0. The van der Waals surface area contributed by atoms with Crippen LogP contribution >= 0.6 is 15.9 Å². The van der Waals surface area contributed by atoms with E-state index in [-0.39, 0.29) is 0 Å². The highest BCUT2D eigenvalue weighted by Crippen LogP contribution is 2.28. The third-order valence-corrected chi connectivity index (χ3v) is 3.07. The summed E-state index contributed by atoms with van der Waals surface area (Å²) in [7, 11) is 0. The Balaban J connectivity index is 2.16. The molecule has 1 saturated carbocycles. The highest BCUT2D eigenvalue weighted by molar-refractivity contribution is 9.09. The summed E-state index contributed by atoms with van der Waals surface area (Å²) >= 11 is 3.38. The Labute approximate surface area is 84.0 Å². The minimum absolute atomic E-state index is 0.557. The monoisotopic (exact) mass is 234 g/mol. The van der Waals surface area contributed by atoms with Crippen molar-refractivity contribution >= 4 is 15.9 Å². The summed E-state index contributed by atoms with van der Waals surface area (Å²) in [6.45, 7) is 3.17. The molecule has 12 heavy (non-hydrogen) atoms. The van der Waals surface area contributed by atoms with E-state index in [1.165, 1.54) is 32.1 Å². The van der Waals surface area contributed by atoms with Gasteiger partial charge in [-0.05, 0) is 18.8 Å². The molecule has 2 heteroatoms. The van der Waals surface area contributed by atoms with Gasteiger partial charge in [-0.1, -0.05) is 42.1 Å². The lowest BCUT2D eigenvalue weighted by Crippen LogP contribution is -2.23. The van der Waals surface area contributed by atoms with Gasteiger partial charge in [-0.3, -0.25) is 0 Å². The topological polar surface area (TPSA) is 9.23 Å². The lowest BCUT2D eigenvalue weighted by molar-refractivity contribution is 0.0217. The first kappa shape index (κ1) is 10.5. The van der Waals surface area contributed by atoms with Gasteiger partial charge in [0.2, 0.25) is 0 Å². The lowest BCUT2D eigenvalue weighted by atomic mass is 9.85. The average Bonchev–Trinajstić information content (AvgIpc) is 2.15. The van der Waals surface area contributed by atoms with Gasteiger partial charge in [-0.2, -0.15) is 0 Å². The van der Waals surface area contributed by atoms with Crippen LogP contribution in [0.15, 0.2) is 0 Å². The predicted octanol–water partition coefficient (Wildman–Crippen LogP) is 3.37. The fourth-order valence-corrected chi connectivity index (χ4v) is 2.16. The zero-order valence-electron chi connectivity index (χ0n) is 7.89. The number of hydrogen-bond donors (Lipinski definition) is 0. The van der Waals surface area contributed by atoms with Gasteiger partial charge in [-0.15, -0.1) is 0 Å². The van der Waals surface area contributed by atoms with Gasteiger partial charge in [0, 0.05) is 5.33 Å². The van der Waals surface area contributed by atoms with Crippen molar-refractivity contribution in [3.8, 4) is 0 Å². The second-order valence-corrected chi connectivity index (χ2v) is 4.42. The van der Waals surface area contributed by atoms with E-state index >= 15 is 0 Å². The summed E-state index contributed by atoms with van der Waals surface area (Å²) in [5, 5.41) is 0.973. The number of halogens is 1. The largest absolute Gasteiger partial charge is 0.377 e. The second kappa shape index (κ2) is 5.98. The van der Waals surface area contributed by atoms with E-state index in [2.05, 4.69) is 22.9 Å². The van der Waals surface area contributed by atoms with Crippen molar-refractivity contribution in [3.63, 3.8) is 0 Å². The van der Waals surface area contributed by atoms with E-state index in [9.17, 15) is 0 Å². The molecule has 1 aliphatic carbocycles. The molecule has 0 saturated heterocycles. The summed E-state index contributed by atoms with van der Waals surface area (Å²) in [5.74, 6) is 0.930. The van der Waals surface area contributed by atoms with E-state index in [0.29, 0.717) is 6.10 Å². The SMILES string of the molecule is CCC1CCCC(OCCBr)C1. The molecule has 0 aliphatic heterocycles. The molecular formula is C10H19BrO. The van der Waals surface area contributed by atoms with E-state index in [0.717, 1.165) is 17.9 Å². The second-order valence-electron chi connectivity index (χ2n) is 3.62. The molecule has 1 aliphatic rings. The Morgan fingerprint density at radius 1 is 1.42 bits per heavy atom. The standard InChI is InChI=1S/C10H19BrO/c1-2-9-4-3-5-10(8-9)12-7-6-11/h9-10H,2-8H2,1H3. The highest BCUT2D eigenvalue weighted by atomic mass is 79.9. The average molecular weight is 235 g/mol. The summed E-state index contributed by atoms with van der Waals surface area (Å²) < 4.78 is 5.72. The normalized spacial score (nSPS) is 30.5. The molecule has 1 nitrogen and oxygen atoms in total. The van der Waals surface area contributed by atoms with E-state index < -0.39 is 0 Å².